The number of amides is 1. The van der Waals surface area contributed by atoms with E-state index in [1.54, 1.807) is 0 Å². The van der Waals surface area contributed by atoms with Gasteiger partial charge in [0.2, 0.25) is 5.91 Å². The molecular weight excluding hydrogens is 374 g/mol. The van der Waals surface area contributed by atoms with Crippen LogP contribution in [0.25, 0.3) is 0 Å². The summed E-state index contributed by atoms with van der Waals surface area (Å²) in [5.74, 6) is -0.330. The highest BCUT2D eigenvalue weighted by Crippen LogP contribution is 2.20. The summed E-state index contributed by atoms with van der Waals surface area (Å²) in [4.78, 5) is 12.4. The van der Waals surface area contributed by atoms with Crippen LogP contribution in [0.2, 0.25) is 0 Å². The first-order valence-corrected chi connectivity index (χ1v) is 10.8. The van der Waals surface area contributed by atoms with Crippen molar-refractivity contribution in [2.75, 3.05) is 25.0 Å². The van der Waals surface area contributed by atoms with Gasteiger partial charge in [-0.05, 0) is 56.0 Å². The number of anilines is 1. The lowest BCUT2D eigenvalue weighted by Crippen LogP contribution is -2.51. The highest BCUT2D eigenvalue weighted by atomic mass is 32.2. The Morgan fingerprint density at radius 1 is 0.964 bits per heavy atom. The zero-order valence-corrected chi connectivity index (χ0v) is 17.4. The predicted molar refractivity (Wildman–Crippen MR) is 111 cm³/mol. The standard InChI is InChI=1S/C21H27N3O3S/c1-16-5-8-19(9-6-16)14-23-11-4-12-24(28(23,26)27)15-21(25)22-20-10-7-17(2)18(3)13-20/h5-10,13H,4,11-12,14-15H2,1-3H3,(H,22,25). The molecule has 2 aromatic carbocycles. The van der Waals surface area contributed by atoms with E-state index in [1.807, 2.05) is 63.2 Å². The number of nitrogens with zero attached hydrogens (tertiary/aromatic N) is 2. The van der Waals surface area contributed by atoms with Crippen LogP contribution < -0.4 is 5.32 Å². The average Bonchev–Trinajstić information content (AvgIpc) is 2.63. The Morgan fingerprint density at radius 3 is 2.32 bits per heavy atom. The van der Waals surface area contributed by atoms with Gasteiger partial charge in [-0.25, -0.2) is 0 Å². The molecule has 28 heavy (non-hydrogen) atoms. The van der Waals surface area contributed by atoms with E-state index in [0.29, 0.717) is 31.7 Å². The zero-order chi connectivity index (χ0) is 20.3. The van der Waals surface area contributed by atoms with Crippen molar-refractivity contribution in [1.82, 2.24) is 8.61 Å². The summed E-state index contributed by atoms with van der Waals surface area (Å²) in [6, 6.07) is 13.5. The Hall–Kier alpha value is -2.22. The van der Waals surface area contributed by atoms with Crippen LogP contribution in [0.5, 0.6) is 0 Å². The average molecular weight is 402 g/mol. The highest BCUT2D eigenvalue weighted by Gasteiger charge is 2.34. The van der Waals surface area contributed by atoms with Gasteiger partial charge >= 0.3 is 0 Å². The number of aryl methyl sites for hydroxylation is 3. The van der Waals surface area contributed by atoms with Crippen LogP contribution in [-0.4, -0.2) is 42.6 Å². The van der Waals surface area contributed by atoms with Crippen molar-refractivity contribution < 1.29 is 13.2 Å². The lowest BCUT2D eigenvalue weighted by molar-refractivity contribution is -0.116. The van der Waals surface area contributed by atoms with E-state index in [4.69, 9.17) is 0 Å². The Bertz CT molecular complexity index is 955. The number of carbonyl (C=O) groups excluding carboxylic acids is 1. The van der Waals surface area contributed by atoms with Gasteiger partial charge in [0.05, 0.1) is 6.54 Å². The number of nitrogens with one attached hydrogen (secondary N) is 1. The molecule has 3 rings (SSSR count). The fraction of sp³-hybridized carbons (Fsp3) is 0.381. The molecule has 1 amide bonds. The van der Waals surface area contributed by atoms with E-state index in [-0.39, 0.29) is 12.5 Å². The molecule has 1 aliphatic heterocycles. The summed E-state index contributed by atoms with van der Waals surface area (Å²) in [7, 11) is -3.67. The minimum Gasteiger partial charge on any atom is -0.325 e. The third-order valence-corrected chi connectivity index (χ3v) is 6.99. The maximum absolute atomic E-state index is 12.9. The van der Waals surface area contributed by atoms with Gasteiger partial charge < -0.3 is 5.32 Å². The summed E-state index contributed by atoms with van der Waals surface area (Å²) in [6.07, 6.45) is 0.696. The first kappa shape index (κ1) is 20.5. The van der Waals surface area contributed by atoms with Crippen molar-refractivity contribution in [2.24, 2.45) is 0 Å². The van der Waals surface area contributed by atoms with E-state index in [1.165, 1.54) is 8.61 Å². The topological polar surface area (TPSA) is 69.7 Å². The molecule has 150 valence electrons. The highest BCUT2D eigenvalue weighted by molar-refractivity contribution is 7.86. The zero-order valence-electron chi connectivity index (χ0n) is 16.6. The second kappa shape index (κ2) is 8.43. The van der Waals surface area contributed by atoms with Crippen molar-refractivity contribution in [3.8, 4) is 0 Å². The molecule has 0 radical (unpaired) electrons. The molecule has 0 aromatic heterocycles. The van der Waals surface area contributed by atoms with Gasteiger partial charge in [0.25, 0.3) is 10.2 Å². The van der Waals surface area contributed by atoms with Crippen molar-refractivity contribution in [1.29, 1.82) is 0 Å². The van der Waals surface area contributed by atoms with Crippen molar-refractivity contribution >= 4 is 21.8 Å². The summed E-state index contributed by atoms with van der Waals surface area (Å²) >= 11 is 0. The smallest absolute Gasteiger partial charge is 0.282 e. The van der Waals surface area contributed by atoms with Crippen LogP contribution in [0.1, 0.15) is 28.7 Å². The third-order valence-electron chi connectivity index (χ3n) is 5.06. The summed E-state index contributed by atoms with van der Waals surface area (Å²) in [6.45, 7) is 6.93. The second-order valence-corrected chi connectivity index (χ2v) is 9.29. The Balaban J connectivity index is 1.66. The largest absolute Gasteiger partial charge is 0.325 e. The molecule has 7 heteroatoms. The second-order valence-electron chi connectivity index (χ2n) is 7.36. The first-order valence-electron chi connectivity index (χ1n) is 9.43. The quantitative estimate of drug-likeness (QED) is 0.837. The van der Waals surface area contributed by atoms with Crippen LogP contribution in [-0.2, 0) is 21.5 Å². The van der Waals surface area contributed by atoms with Gasteiger partial charge in [-0.2, -0.15) is 17.0 Å². The van der Waals surface area contributed by atoms with E-state index in [9.17, 15) is 13.2 Å². The molecule has 0 saturated carbocycles. The minimum atomic E-state index is -3.67. The van der Waals surface area contributed by atoms with E-state index in [0.717, 1.165) is 22.3 Å². The van der Waals surface area contributed by atoms with E-state index in [2.05, 4.69) is 5.32 Å². The van der Waals surface area contributed by atoms with E-state index >= 15 is 0 Å². The lowest BCUT2D eigenvalue weighted by atomic mass is 10.1. The van der Waals surface area contributed by atoms with Crippen LogP contribution >= 0.6 is 0 Å². The van der Waals surface area contributed by atoms with Crippen molar-refractivity contribution in [2.45, 2.75) is 33.7 Å². The maximum atomic E-state index is 12.9. The van der Waals surface area contributed by atoms with Gasteiger partial charge in [-0.1, -0.05) is 35.9 Å². The van der Waals surface area contributed by atoms with Gasteiger partial charge in [-0.15, -0.1) is 0 Å². The van der Waals surface area contributed by atoms with Crippen LogP contribution in [0, 0.1) is 20.8 Å². The molecule has 0 atom stereocenters. The lowest BCUT2D eigenvalue weighted by Gasteiger charge is -2.34. The third kappa shape index (κ3) is 4.79. The number of hydrogen-bond donors (Lipinski definition) is 1. The Morgan fingerprint density at radius 2 is 1.64 bits per heavy atom. The van der Waals surface area contributed by atoms with Gasteiger partial charge in [0.1, 0.15) is 0 Å². The molecule has 0 bridgehead atoms. The van der Waals surface area contributed by atoms with Crippen molar-refractivity contribution in [3.05, 3.63) is 64.7 Å². The molecule has 1 heterocycles. The molecule has 1 saturated heterocycles. The summed E-state index contributed by atoms with van der Waals surface area (Å²) < 4.78 is 28.6. The molecule has 0 spiro atoms. The molecule has 6 nitrogen and oxygen atoms in total. The number of hydrogen-bond acceptors (Lipinski definition) is 3. The SMILES string of the molecule is Cc1ccc(CN2CCCN(CC(=O)Nc3ccc(C)c(C)c3)S2(=O)=O)cc1. The molecular formula is C21H27N3O3S. The molecule has 0 aliphatic carbocycles. The minimum absolute atomic E-state index is 0.181. The molecule has 1 aliphatic rings. The van der Waals surface area contributed by atoms with Gasteiger partial charge in [-0.3, -0.25) is 4.79 Å². The number of rotatable bonds is 5. The monoisotopic (exact) mass is 401 g/mol. The normalized spacial score (nSPS) is 17.4. The molecule has 0 unspecified atom stereocenters. The summed E-state index contributed by atoms with van der Waals surface area (Å²) in [5.41, 5.74) is 4.97. The number of carbonyl (C=O) groups is 1. The van der Waals surface area contributed by atoms with Crippen LogP contribution in [0.4, 0.5) is 5.69 Å². The van der Waals surface area contributed by atoms with Crippen LogP contribution in [0.15, 0.2) is 42.5 Å². The number of benzene rings is 2. The van der Waals surface area contributed by atoms with Gasteiger partial charge in [0.15, 0.2) is 0 Å². The Labute approximate surface area is 167 Å². The fourth-order valence-corrected chi connectivity index (χ4v) is 4.85. The fourth-order valence-electron chi connectivity index (χ4n) is 3.22. The molecule has 2 aromatic rings. The maximum Gasteiger partial charge on any atom is 0.282 e. The van der Waals surface area contributed by atoms with Crippen LogP contribution in [0.3, 0.4) is 0 Å². The predicted octanol–water partition coefficient (Wildman–Crippen LogP) is 3.00. The molecule has 1 N–H and O–H groups in total. The van der Waals surface area contributed by atoms with Gasteiger partial charge in [0, 0.05) is 25.3 Å². The first-order chi connectivity index (χ1) is 13.3. The Kier molecular flexibility index (Phi) is 6.17. The molecule has 1 fully saturated rings. The van der Waals surface area contributed by atoms with E-state index < -0.39 is 10.2 Å². The van der Waals surface area contributed by atoms with Crippen molar-refractivity contribution in [3.63, 3.8) is 0 Å². The summed E-state index contributed by atoms with van der Waals surface area (Å²) in [5, 5.41) is 2.80.